The maximum absolute atomic E-state index is 14.1. The summed E-state index contributed by atoms with van der Waals surface area (Å²) in [7, 11) is 1.65. The molecule has 1 aliphatic carbocycles. The van der Waals surface area contributed by atoms with Crippen molar-refractivity contribution in [3.63, 3.8) is 0 Å². The fourth-order valence-electron chi connectivity index (χ4n) is 4.18. The highest BCUT2D eigenvalue weighted by molar-refractivity contribution is 5.94. The van der Waals surface area contributed by atoms with Crippen molar-refractivity contribution < 1.29 is 14.3 Å². The molecule has 2 aliphatic rings. The zero-order valence-electron chi connectivity index (χ0n) is 16.5. The topological polar surface area (TPSA) is 69.6 Å². The van der Waals surface area contributed by atoms with Gasteiger partial charge in [-0.25, -0.2) is 14.4 Å². The normalized spacial score (nSPS) is 15.9. The summed E-state index contributed by atoms with van der Waals surface area (Å²) < 4.78 is 14.1. The second-order valence-electron chi connectivity index (χ2n) is 7.93. The predicted octanol–water partition coefficient (Wildman–Crippen LogP) is 3.42. The molecule has 5 rings (SSSR count). The number of carbonyl (C=O) groups is 1. The van der Waals surface area contributed by atoms with Gasteiger partial charge in [0.2, 0.25) is 5.95 Å². The van der Waals surface area contributed by atoms with E-state index in [2.05, 4.69) is 20.9 Å². The first-order valence-corrected chi connectivity index (χ1v) is 9.89. The number of aliphatic hydroxyl groups is 1. The first kappa shape index (κ1) is 18.7. The van der Waals surface area contributed by atoms with Crippen LogP contribution in [0.4, 0.5) is 21.7 Å². The van der Waals surface area contributed by atoms with Gasteiger partial charge in [-0.3, -0.25) is 4.79 Å². The summed E-state index contributed by atoms with van der Waals surface area (Å²) in [5.41, 5.74) is 4.12. The second-order valence-corrected chi connectivity index (χ2v) is 7.93. The van der Waals surface area contributed by atoms with E-state index in [-0.39, 0.29) is 17.1 Å². The van der Waals surface area contributed by atoms with Crippen LogP contribution in [0.1, 0.15) is 18.4 Å². The number of halogens is 1. The zero-order chi connectivity index (χ0) is 20.9. The van der Waals surface area contributed by atoms with Crippen molar-refractivity contribution in [2.75, 3.05) is 30.0 Å². The third-order valence-corrected chi connectivity index (χ3v) is 6.12. The van der Waals surface area contributed by atoms with Gasteiger partial charge in [-0.1, -0.05) is 24.3 Å². The molecule has 0 radical (unpaired) electrons. The molecule has 3 aromatic rings. The van der Waals surface area contributed by atoms with Crippen LogP contribution in [-0.2, 0) is 10.2 Å². The summed E-state index contributed by atoms with van der Waals surface area (Å²) >= 11 is 0. The van der Waals surface area contributed by atoms with Crippen LogP contribution in [-0.4, -0.2) is 41.2 Å². The third kappa shape index (κ3) is 2.93. The molecule has 1 N–H and O–H groups in total. The van der Waals surface area contributed by atoms with Crippen molar-refractivity contribution in [2.45, 2.75) is 18.3 Å². The van der Waals surface area contributed by atoms with E-state index in [4.69, 9.17) is 0 Å². The van der Waals surface area contributed by atoms with Gasteiger partial charge in [-0.15, -0.1) is 0 Å². The lowest BCUT2D eigenvalue weighted by atomic mass is 9.98. The molecule has 1 aliphatic heterocycles. The summed E-state index contributed by atoms with van der Waals surface area (Å²) in [6.45, 7) is 0.240. The van der Waals surface area contributed by atoms with Crippen molar-refractivity contribution in [3.05, 3.63) is 66.2 Å². The maximum Gasteiger partial charge on any atom is 0.252 e. The van der Waals surface area contributed by atoms with Gasteiger partial charge in [0.05, 0.1) is 0 Å². The molecule has 30 heavy (non-hydrogen) atoms. The molecule has 2 heterocycles. The van der Waals surface area contributed by atoms with Crippen molar-refractivity contribution in [1.82, 2.24) is 9.97 Å². The molecule has 0 atom stereocenters. The smallest absolute Gasteiger partial charge is 0.252 e. The Kier molecular flexibility index (Phi) is 4.29. The van der Waals surface area contributed by atoms with Crippen molar-refractivity contribution in [1.29, 1.82) is 0 Å². The predicted molar refractivity (Wildman–Crippen MR) is 112 cm³/mol. The first-order valence-electron chi connectivity index (χ1n) is 9.89. The minimum atomic E-state index is -0.540. The number of amides is 1. The molecule has 2 aromatic carbocycles. The van der Waals surface area contributed by atoms with Gasteiger partial charge in [0.15, 0.2) is 0 Å². The van der Waals surface area contributed by atoms with Gasteiger partial charge in [0.1, 0.15) is 12.4 Å². The van der Waals surface area contributed by atoms with Crippen molar-refractivity contribution in [2.24, 2.45) is 0 Å². The highest BCUT2D eigenvalue weighted by Gasteiger charge is 2.52. The Balaban J connectivity index is 1.51. The van der Waals surface area contributed by atoms with Gasteiger partial charge in [-0.05, 0) is 36.6 Å². The Bertz CT molecular complexity index is 1130. The molecule has 0 bridgehead atoms. The number of hydrogen-bond acceptors (Lipinski definition) is 5. The molecule has 6 nitrogen and oxygen atoms in total. The summed E-state index contributed by atoms with van der Waals surface area (Å²) in [5.74, 6) is -0.127. The number of carbonyl (C=O) groups excluding carboxylic acids is 1. The van der Waals surface area contributed by atoms with Crippen molar-refractivity contribution >= 4 is 23.2 Å². The van der Waals surface area contributed by atoms with Gasteiger partial charge in [-0.2, -0.15) is 0 Å². The Morgan fingerprint density at radius 3 is 2.60 bits per heavy atom. The lowest BCUT2D eigenvalue weighted by Crippen LogP contribution is -2.29. The molecule has 1 amide bonds. The third-order valence-electron chi connectivity index (χ3n) is 6.12. The van der Waals surface area contributed by atoms with Crippen molar-refractivity contribution in [3.8, 4) is 11.1 Å². The number of benzene rings is 2. The number of fused-ring (bicyclic) bond motifs is 2. The van der Waals surface area contributed by atoms with Crippen LogP contribution in [0.15, 0.2) is 54.9 Å². The molecule has 0 saturated heterocycles. The van der Waals surface area contributed by atoms with Crippen LogP contribution < -0.4 is 9.80 Å². The van der Waals surface area contributed by atoms with Crippen LogP contribution in [0, 0.1) is 5.82 Å². The van der Waals surface area contributed by atoms with Gasteiger partial charge in [0, 0.05) is 53.9 Å². The van der Waals surface area contributed by atoms with E-state index in [0.29, 0.717) is 22.8 Å². The molecule has 7 heteroatoms. The number of likely N-dealkylation sites (N-methyl/N-ethyl adjacent to an activating group) is 1. The fraction of sp³-hybridized carbons (Fsp3) is 0.261. The number of anilines is 3. The second kappa shape index (κ2) is 6.88. The maximum atomic E-state index is 14.1. The fourth-order valence-corrected chi connectivity index (χ4v) is 4.18. The van der Waals surface area contributed by atoms with E-state index in [0.717, 1.165) is 25.1 Å². The zero-order valence-corrected chi connectivity index (χ0v) is 16.5. The first-order chi connectivity index (χ1) is 14.5. The Morgan fingerprint density at radius 1 is 1.20 bits per heavy atom. The van der Waals surface area contributed by atoms with E-state index >= 15 is 0 Å². The van der Waals surface area contributed by atoms with Gasteiger partial charge in [0.25, 0.3) is 5.91 Å². The van der Waals surface area contributed by atoms with E-state index in [1.165, 1.54) is 16.5 Å². The number of hydrogen-bond donors (Lipinski definition) is 1. The lowest BCUT2D eigenvalue weighted by Gasteiger charge is -2.21. The average molecular weight is 404 g/mol. The Labute approximate surface area is 173 Å². The van der Waals surface area contributed by atoms with E-state index in [9.17, 15) is 14.3 Å². The van der Waals surface area contributed by atoms with E-state index in [1.807, 2.05) is 12.1 Å². The monoisotopic (exact) mass is 404 g/mol. The van der Waals surface area contributed by atoms with Crippen LogP contribution >= 0.6 is 0 Å². The minimum absolute atomic E-state index is 0.112. The lowest BCUT2D eigenvalue weighted by molar-refractivity contribution is -0.120. The SMILES string of the molecule is CN(C(=O)CO)c1ccc2c(c1)N(c1ncc(-c3ccccc3F)cn1)CC21CC1. The number of rotatable bonds is 4. The van der Waals surface area contributed by atoms with Crippen LogP contribution in [0.3, 0.4) is 0 Å². The molecule has 1 spiro atoms. The standard InChI is InChI=1S/C23H21FN4O2/c1-27(21(30)13-29)16-6-7-18-20(10-16)28(14-23(18)8-9-23)22-25-11-15(12-26-22)17-4-2-3-5-19(17)24/h2-7,10-12,29H,8-9,13-14H2,1H3. The quantitative estimate of drug-likeness (QED) is 0.722. The highest BCUT2D eigenvalue weighted by atomic mass is 19.1. The molecule has 152 valence electrons. The van der Waals surface area contributed by atoms with Crippen LogP contribution in [0.25, 0.3) is 11.1 Å². The summed E-state index contributed by atoms with van der Waals surface area (Å²) in [6.07, 6.45) is 5.50. The number of aliphatic hydroxyl groups excluding tert-OH is 1. The molecular formula is C23H21FN4O2. The molecule has 1 aromatic heterocycles. The van der Waals surface area contributed by atoms with Gasteiger partial charge >= 0.3 is 0 Å². The molecule has 1 saturated carbocycles. The number of aromatic nitrogens is 2. The summed E-state index contributed by atoms with van der Waals surface area (Å²) in [6, 6.07) is 12.5. The summed E-state index contributed by atoms with van der Waals surface area (Å²) in [5, 5.41) is 9.17. The highest BCUT2D eigenvalue weighted by Crippen LogP contribution is 2.58. The molecule has 0 unspecified atom stereocenters. The average Bonchev–Trinajstić information content (AvgIpc) is 3.49. The van der Waals surface area contributed by atoms with Crippen LogP contribution in [0.2, 0.25) is 0 Å². The molecule has 1 fully saturated rings. The Hall–Kier alpha value is -3.32. The van der Waals surface area contributed by atoms with E-state index in [1.54, 1.807) is 37.6 Å². The Morgan fingerprint density at radius 2 is 1.93 bits per heavy atom. The van der Waals surface area contributed by atoms with Crippen LogP contribution in [0.5, 0.6) is 0 Å². The van der Waals surface area contributed by atoms with Gasteiger partial charge < -0.3 is 14.9 Å². The molecular weight excluding hydrogens is 383 g/mol. The van der Waals surface area contributed by atoms with E-state index < -0.39 is 6.61 Å². The largest absolute Gasteiger partial charge is 0.387 e. The number of nitrogens with zero attached hydrogens (tertiary/aromatic N) is 4. The minimum Gasteiger partial charge on any atom is -0.387 e. The summed E-state index contributed by atoms with van der Waals surface area (Å²) in [4.78, 5) is 24.5.